The summed E-state index contributed by atoms with van der Waals surface area (Å²) < 4.78 is 10.9. The van der Waals surface area contributed by atoms with E-state index in [9.17, 15) is 19.8 Å². The van der Waals surface area contributed by atoms with E-state index in [0.717, 1.165) is 12.1 Å². The smallest absolute Gasteiger partial charge is 0.341 e. The summed E-state index contributed by atoms with van der Waals surface area (Å²) in [4.78, 5) is 26.6. The lowest BCUT2D eigenvalue weighted by Gasteiger charge is -2.32. The first-order valence-corrected chi connectivity index (χ1v) is 9.60. The van der Waals surface area contributed by atoms with Crippen molar-refractivity contribution in [2.75, 3.05) is 26.3 Å². The fourth-order valence-electron chi connectivity index (χ4n) is 3.71. The Balaban J connectivity index is 2.01. The van der Waals surface area contributed by atoms with Gasteiger partial charge in [-0.3, -0.25) is 4.90 Å². The quantitative estimate of drug-likeness (QED) is 0.301. The Bertz CT molecular complexity index is 645. The average Bonchev–Trinajstić information content (AvgIpc) is 3.21. The molecule has 1 saturated heterocycles. The Morgan fingerprint density at radius 2 is 2.07 bits per heavy atom. The van der Waals surface area contributed by atoms with Crippen LogP contribution in [0.3, 0.4) is 0 Å². The molecule has 3 N–H and O–H groups in total. The summed E-state index contributed by atoms with van der Waals surface area (Å²) >= 11 is 0. The molecule has 0 aromatic heterocycles. The molecule has 4 atom stereocenters. The van der Waals surface area contributed by atoms with Gasteiger partial charge in [0.1, 0.15) is 12.7 Å². The van der Waals surface area contributed by atoms with Crippen LogP contribution in [-0.2, 0) is 19.1 Å². The van der Waals surface area contributed by atoms with Gasteiger partial charge in [0.15, 0.2) is 5.60 Å². The fourth-order valence-corrected chi connectivity index (χ4v) is 3.71. The van der Waals surface area contributed by atoms with Crippen molar-refractivity contribution in [2.24, 2.45) is 5.92 Å². The number of hydrogen-bond donors (Lipinski definition) is 3. The Labute approximate surface area is 165 Å². The molecule has 8 nitrogen and oxygen atoms in total. The van der Waals surface area contributed by atoms with Crippen LogP contribution < -0.4 is 0 Å². The first kappa shape index (κ1) is 22.5. The second-order valence-corrected chi connectivity index (χ2v) is 7.86. The highest BCUT2D eigenvalue weighted by Crippen LogP contribution is 2.32. The zero-order valence-corrected chi connectivity index (χ0v) is 16.9. The first-order valence-electron chi connectivity index (χ1n) is 9.60. The van der Waals surface area contributed by atoms with Gasteiger partial charge >= 0.3 is 11.9 Å². The number of nitrogens with zero attached hydrogens (tertiary/aromatic N) is 1. The maximum absolute atomic E-state index is 12.4. The van der Waals surface area contributed by atoms with E-state index in [0.29, 0.717) is 18.5 Å². The van der Waals surface area contributed by atoms with E-state index in [2.05, 4.69) is 4.90 Å². The van der Waals surface area contributed by atoms with Crippen molar-refractivity contribution < 1.29 is 34.4 Å². The van der Waals surface area contributed by atoms with Gasteiger partial charge in [-0.15, -0.1) is 0 Å². The standard InChI is InChI=1S/C20H31NO7/c1-12(2)20(26,14(4)23)19(25)27-11-15-5-7-21-8-6-16(18(15)21)28-17(24)9-13(3)10-22/h5,9,12,14,16,18,22-23,26H,6-8,10-11H2,1-4H3/b13-9+/t14?,16-,18-,20-/m1/s1. The van der Waals surface area contributed by atoms with E-state index >= 15 is 0 Å². The zero-order valence-electron chi connectivity index (χ0n) is 16.9. The number of esters is 2. The molecule has 1 unspecified atom stereocenters. The Morgan fingerprint density at radius 3 is 2.64 bits per heavy atom. The Hall–Kier alpha value is -1.74. The number of fused-ring (bicyclic) bond motifs is 1. The highest BCUT2D eigenvalue weighted by molar-refractivity contribution is 5.83. The molecule has 2 rings (SSSR count). The molecule has 2 heterocycles. The van der Waals surface area contributed by atoms with E-state index in [1.807, 2.05) is 6.08 Å². The van der Waals surface area contributed by atoms with Crippen molar-refractivity contribution in [3.05, 3.63) is 23.3 Å². The van der Waals surface area contributed by atoms with Gasteiger partial charge in [0.05, 0.1) is 18.8 Å². The van der Waals surface area contributed by atoms with E-state index in [1.165, 1.54) is 13.0 Å². The lowest BCUT2D eigenvalue weighted by molar-refractivity contribution is -0.183. The average molecular weight is 397 g/mol. The van der Waals surface area contributed by atoms with Gasteiger partial charge < -0.3 is 24.8 Å². The van der Waals surface area contributed by atoms with Crippen molar-refractivity contribution in [2.45, 2.75) is 58.0 Å². The van der Waals surface area contributed by atoms with Crippen LogP contribution in [0, 0.1) is 5.92 Å². The second kappa shape index (κ2) is 9.17. The normalized spacial score (nSPS) is 25.9. The van der Waals surface area contributed by atoms with Crippen LogP contribution in [0.25, 0.3) is 0 Å². The van der Waals surface area contributed by atoms with Gasteiger partial charge in [-0.2, -0.15) is 0 Å². The summed E-state index contributed by atoms with van der Waals surface area (Å²) in [6.07, 6.45) is 2.23. The van der Waals surface area contributed by atoms with Crippen LogP contribution in [0.15, 0.2) is 23.3 Å². The molecule has 0 saturated carbocycles. The van der Waals surface area contributed by atoms with Crippen LogP contribution in [-0.4, -0.2) is 82.3 Å². The summed E-state index contributed by atoms with van der Waals surface area (Å²) in [5, 5.41) is 29.4. The van der Waals surface area contributed by atoms with Gasteiger partial charge in [0.25, 0.3) is 0 Å². The largest absolute Gasteiger partial charge is 0.459 e. The maximum atomic E-state index is 12.4. The molecule has 2 aliphatic heterocycles. The van der Waals surface area contributed by atoms with Crippen LogP contribution >= 0.6 is 0 Å². The molecule has 0 bridgehead atoms. The number of carbonyl (C=O) groups excluding carboxylic acids is 2. The van der Waals surface area contributed by atoms with Crippen molar-refractivity contribution in [3.63, 3.8) is 0 Å². The highest BCUT2D eigenvalue weighted by atomic mass is 16.6. The lowest BCUT2D eigenvalue weighted by Crippen LogP contribution is -2.53. The monoisotopic (exact) mass is 397 g/mol. The molecule has 0 aliphatic carbocycles. The summed E-state index contributed by atoms with van der Waals surface area (Å²) in [6.45, 7) is 7.44. The molecule has 2 aliphatic rings. The molecule has 0 amide bonds. The molecule has 8 heteroatoms. The number of ether oxygens (including phenoxy) is 2. The molecular formula is C20H31NO7. The van der Waals surface area contributed by atoms with Crippen LogP contribution in [0.1, 0.15) is 34.1 Å². The molecule has 0 radical (unpaired) electrons. The maximum Gasteiger partial charge on any atom is 0.341 e. The van der Waals surface area contributed by atoms with E-state index in [4.69, 9.17) is 14.6 Å². The minimum Gasteiger partial charge on any atom is -0.459 e. The molecule has 158 valence electrons. The molecule has 0 spiro atoms. The summed E-state index contributed by atoms with van der Waals surface area (Å²) in [5.41, 5.74) is -0.655. The Morgan fingerprint density at radius 1 is 1.39 bits per heavy atom. The van der Waals surface area contributed by atoms with E-state index in [-0.39, 0.29) is 25.4 Å². The third-order valence-corrected chi connectivity index (χ3v) is 5.51. The highest BCUT2D eigenvalue weighted by Gasteiger charge is 2.47. The van der Waals surface area contributed by atoms with Gasteiger partial charge in [0, 0.05) is 19.2 Å². The summed E-state index contributed by atoms with van der Waals surface area (Å²) in [7, 11) is 0. The molecule has 1 fully saturated rings. The van der Waals surface area contributed by atoms with Gasteiger partial charge in [-0.05, 0) is 37.3 Å². The third-order valence-electron chi connectivity index (χ3n) is 5.51. The Kier molecular flexibility index (Phi) is 7.39. The molecule has 0 aromatic rings. The van der Waals surface area contributed by atoms with Crippen molar-refractivity contribution in [1.82, 2.24) is 4.90 Å². The molecular weight excluding hydrogens is 366 g/mol. The van der Waals surface area contributed by atoms with Gasteiger partial charge in [-0.25, -0.2) is 9.59 Å². The van der Waals surface area contributed by atoms with Crippen LogP contribution in [0.4, 0.5) is 0 Å². The van der Waals surface area contributed by atoms with E-state index < -0.39 is 29.6 Å². The minimum absolute atomic E-state index is 0.0404. The first-order chi connectivity index (χ1) is 13.1. The van der Waals surface area contributed by atoms with Gasteiger partial charge in [0.2, 0.25) is 0 Å². The minimum atomic E-state index is -1.98. The topological polar surface area (TPSA) is 117 Å². The van der Waals surface area contributed by atoms with Crippen LogP contribution in [0.5, 0.6) is 0 Å². The van der Waals surface area contributed by atoms with Crippen molar-refractivity contribution in [1.29, 1.82) is 0 Å². The number of aliphatic hydroxyl groups is 3. The zero-order chi connectivity index (χ0) is 21.1. The summed E-state index contributed by atoms with van der Waals surface area (Å²) in [5.74, 6) is -1.90. The second-order valence-electron chi connectivity index (χ2n) is 7.86. The summed E-state index contributed by atoms with van der Waals surface area (Å²) in [6, 6.07) is -0.182. The van der Waals surface area contributed by atoms with Crippen LogP contribution in [0.2, 0.25) is 0 Å². The van der Waals surface area contributed by atoms with Crippen molar-refractivity contribution in [3.8, 4) is 0 Å². The number of rotatable bonds is 8. The fraction of sp³-hybridized carbons (Fsp3) is 0.700. The predicted molar refractivity (Wildman–Crippen MR) is 101 cm³/mol. The van der Waals surface area contributed by atoms with Crippen molar-refractivity contribution >= 4 is 11.9 Å². The molecule has 0 aromatic carbocycles. The number of aliphatic hydroxyl groups excluding tert-OH is 2. The lowest BCUT2D eigenvalue weighted by atomic mass is 9.85. The third kappa shape index (κ3) is 4.63. The predicted octanol–water partition coefficient (Wildman–Crippen LogP) is 0.162. The number of carbonyl (C=O) groups is 2. The molecule has 28 heavy (non-hydrogen) atoms. The number of hydrogen-bond acceptors (Lipinski definition) is 8. The van der Waals surface area contributed by atoms with Gasteiger partial charge in [-0.1, -0.05) is 19.9 Å². The SMILES string of the molecule is C/C(=C\C(=O)O[C@@H]1CCN2CC=C(COC(=O)[C@@](O)(C(C)C)C(C)O)[C@H]12)CO. The van der Waals surface area contributed by atoms with E-state index in [1.54, 1.807) is 20.8 Å².